The Morgan fingerprint density at radius 1 is 1.17 bits per heavy atom. The van der Waals surface area contributed by atoms with Crippen LogP contribution in [0, 0.1) is 5.41 Å². The quantitative estimate of drug-likeness (QED) is 0.775. The van der Waals surface area contributed by atoms with Crippen molar-refractivity contribution in [1.29, 1.82) is 0 Å². The minimum atomic E-state index is -0.529. The molecule has 1 unspecified atom stereocenters. The molecule has 3 amide bonds. The smallest absolute Gasteiger partial charge is 0.239 e. The minimum absolute atomic E-state index is 0.0637. The second-order valence-electron chi connectivity index (χ2n) is 6.53. The summed E-state index contributed by atoms with van der Waals surface area (Å²) in [7, 11) is 0. The second-order valence-corrected chi connectivity index (χ2v) is 6.53. The molecule has 0 spiro atoms. The average molecular weight is 319 g/mol. The number of hydrogen-bond acceptors (Lipinski definition) is 3. The van der Waals surface area contributed by atoms with Crippen molar-refractivity contribution in [3.8, 4) is 0 Å². The van der Waals surface area contributed by atoms with Crippen LogP contribution in [0.3, 0.4) is 0 Å². The van der Waals surface area contributed by atoms with Crippen LogP contribution in [-0.2, 0) is 14.4 Å². The maximum Gasteiger partial charge on any atom is 0.239 e. The van der Waals surface area contributed by atoms with Gasteiger partial charge in [-0.25, -0.2) is 0 Å². The summed E-state index contributed by atoms with van der Waals surface area (Å²) in [5.74, 6) is -0.586. The maximum atomic E-state index is 11.9. The lowest BCUT2D eigenvalue weighted by Gasteiger charge is -2.19. The first-order valence-corrected chi connectivity index (χ1v) is 7.55. The summed E-state index contributed by atoms with van der Waals surface area (Å²) in [6, 6.07) is 7.03. The van der Waals surface area contributed by atoms with E-state index in [1.54, 1.807) is 32.9 Å². The number of nitrogens with one attached hydrogen (secondary N) is 3. The lowest BCUT2D eigenvalue weighted by molar-refractivity contribution is -0.131. The van der Waals surface area contributed by atoms with Crippen molar-refractivity contribution in [3.05, 3.63) is 29.8 Å². The molecule has 1 aromatic carbocycles. The Morgan fingerprint density at radius 2 is 1.83 bits per heavy atom. The summed E-state index contributed by atoms with van der Waals surface area (Å²) >= 11 is 0. The highest BCUT2D eigenvalue weighted by atomic mass is 16.2. The molecule has 0 aliphatic carbocycles. The van der Waals surface area contributed by atoms with Crippen molar-refractivity contribution < 1.29 is 14.4 Å². The largest absolute Gasteiger partial charge is 0.348 e. The van der Waals surface area contributed by atoms with Crippen molar-refractivity contribution in [3.63, 3.8) is 0 Å². The fourth-order valence-corrected chi connectivity index (χ4v) is 1.89. The van der Waals surface area contributed by atoms with Crippen LogP contribution in [0.15, 0.2) is 24.3 Å². The zero-order chi connectivity index (χ0) is 17.6. The molecule has 6 heteroatoms. The van der Waals surface area contributed by atoms with Gasteiger partial charge >= 0.3 is 0 Å². The number of carbonyl (C=O) groups is 3. The Kier molecular flexibility index (Phi) is 6.30. The summed E-state index contributed by atoms with van der Waals surface area (Å²) in [5, 5.41) is 8.13. The fraction of sp³-hybridized carbons (Fsp3) is 0.471. The van der Waals surface area contributed by atoms with Gasteiger partial charge in [0, 0.05) is 18.0 Å². The number of hydrogen-bond donors (Lipinski definition) is 3. The topological polar surface area (TPSA) is 87.3 Å². The van der Waals surface area contributed by atoms with Crippen LogP contribution >= 0.6 is 0 Å². The van der Waals surface area contributed by atoms with E-state index in [9.17, 15) is 14.4 Å². The van der Waals surface area contributed by atoms with Crippen LogP contribution in [0.5, 0.6) is 0 Å². The van der Waals surface area contributed by atoms with E-state index >= 15 is 0 Å². The van der Waals surface area contributed by atoms with Crippen LogP contribution in [0.2, 0.25) is 0 Å². The normalized spacial score (nSPS) is 12.2. The van der Waals surface area contributed by atoms with E-state index < -0.39 is 5.41 Å². The van der Waals surface area contributed by atoms with E-state index in [0.29, 0.717) is 5.69 Å². The molecular weight excluding hydrogens is 294 g/mol. The Labute approximate surface area is 137 Å². The number of amides is 3. The molecule has 0 saturated carbocycles. The summed E-state index contributed by atoms with van der Waals surface area (Å²) in [6.45, 7) is 8.58. The first-order chi connectivity index (χ1) is 10.6. The highest BCUT2D eigenvalue weighted by Crippen LogP contribution is 2.17. The molecule has 0 heterocycles. The highest BCUT2D eigenvalue weighted by molar-refractivity contribution is 5.89. The maximum absolute atomic E-state index is 11.9. The molecule has 1 atom stereocenters. The summed E-state index contributed by atoms with van der Waals surface area (Å²) in [5.41, 5.74) is 1.02. The van der Waals surface area contributed by atoms with Gasteiger partial charge in [0.15, 0.2) is 0 Å². The molecular formula is C17H25N3O3. The zero-order valence-electron chi connectivity index (χ0n) is 14.3. The molecule has 0 aromatic heterocycles. The summed E-state index contributed by atoms with van der Waals surface area (Å²) in [4.78, 5) is 34.7. The Hall–Kier alpha value is -2.37. The highest BCUT2D eigenvalue weighted by Gasteiger charge is 2.21. The van der Waals surface area contributed by atoms with Crippen LogP contribution in [0.1, 0.15) is 46.2 Å². The summed E-state index contributed by atoms with van der Waals surface area (Å²) in [6.07, 6.45) is 0. The number of carbonyl (C=O) groups excluding carboxylic acids is 3. The van der Waals surface area contributed by atoms with Gasteiger partial charge in [-0.3, -0.25) is 14.4 Å². The van der Waals surface area contributed by atoms with E-state index in [0.717, 1.165) is 5.56 Å². The molecule has 0 fully saturated rings. The second kappa shape index (κ2) is 7.76. The molecule has 3 N–H and O–H groups in total. The Bertz CT molecular complexity index is 591. The number of benzene rings is 1. The molecule has 23 heavy (non-hydrogen) atoms. The van der Waals surface area contributed by atoms with E-state index in [-0.39, 0.29) is 30.3 Å². The van der Waals surface area contributed by atoms with Crippen molar-refractivity contribution in [2.24, 2.45) is 5.41 Å². The fourth-order valence-electron chi connectivity index (χ4n) is 1.89. The molecule has 0 aliphatic heterocycles. The first-order valence-electron chi connectivity index (χ1n) is 7.55. The van der Waals surface area contributed by atoms with Gasteiger partial charge in [0.05, 0.1) is 12.6 Å². The third-order valence-corrected chi connectivity index (χ3v) is 3.18. The molecule has 1 rings (SSSR count). The van der Waals surface area contributed by atoms with Crippen LogP contribution in [0.25, 0.3) is 0 Å². The minimum Gasteiger partial charge on any atom is -0.348 e. The predicted octanol–water partition coefficient (Wildman–Crippen LogP) is 1.98. The van der Waals surface area contributed by atoms with Crippen molar-refractivity contribution in [1.82, 2.24) is 10.6 Å². The molecule has 6 nitrogen and oxygen atoms in total. The Morgan fingerprint density at radius 3 is 2.39 bits per heavy atom. The van der Waals surface area contributed by atoms with Gasteiger partial charge in [-0.05, 0) is 24.6 Å². The average Bonchev–Trinajstić information content (AvgIpc) is 2.43. The molecule has 0 aliphatic rings. The van der Waals surface area contributed by atoms with Crippen LogP contribution in [0.4, 0.5) is 5.69 Å². The van der Waals surface area contributed by atoms with Gasteiger partial charge in [-0.1, -0.05) is 32.9 Å². The molecule has 0 radical (unpaired) electrons. The summed E-state index contributed by atoms with van der Waals surface area (Å²) < 4.78 is 0. The Balaban J connectivity index is 2.58. The third-order valence-electron chi connectivity index (χ3n) is 3.18. The van der Waals surface area contributed by atoms with Crippen LogP contribution < -0.4 is 16.0 Å². The number of anilines is 1. The van der Waals surface area contributed by atoms with E-state index in [4.69, 9.17) is 0 Å². The standard InChI is InChI=1S/C17H25N3O3/c1-11(13-7-6-8-14(9-13)20-12(2)21)19-15(22)10-18-16(23)17(3,4)5/h6-9,11H,10H2,1-5H3,(H,18,23)(H,19,22)(H,20,21). The van der Waals surface area contributed by atoms with Gasteiger partial charge in [0.25, 0.3) is 0 Å². The third kappa shape index (κ3) is 6.50. The molecule has 126 valence electrons. The van der Waals surface area contributed by atoms with Gasteiger partial charge in [-0.15, -0.1) is 0 Å². The van der Waals surface area contributed by atoms with E-state index in [2.05, 4.69) is 16.0 Å². The molecule has 0 bridgehead atoms. The molecule has 0 saturated heterocycles. The van der Waals surface area contributed by atoms with Crippen molar-refractivity contribution in [2.45, 2.75) is 40.7 Å². The van der Waals surface area contributed by atoms with Crippen molar-refractivity contribution >= 4 is 23.4 Å². The van der Waals surface area contributed by atoms with Gasteiger partial charge < -0.3 is 16.0 Å². The van der Waals surface area contributed by atoms with Gasteiger partial charge in [0.1, 0.15) is 0 Å². The monoisotopic (exact) mass is 319 g/mol. The van der Waals surface area contributed by atoms with E-state index in [1.807, 2.05) is 19.1 Å². The predicted molar refractivity (Wildman–Crippen MR) is 89.8 cm³/mol. The SMILES string of the molecule is CC(=O)Nc1cccc(C(C)NC(=O)CNC(=O)C(C)(C)C)c1. The zero-order valence-corrected chi connectivity index (χ0v) is 14.3. The van der Waals surface area contributed by atoms with Gasteiger partial charge in [0.2, 0.25) is 17.7 Å². The number of rotatable bonds is 5. The lowest BCUT2D eigenvalue weighted by Crippen LogP contribution is -2.42. The van der Waals surface area contributed by atoms with E-state index in [1.165, 1.54) is 6.92 Å². The molecule has 1 aromatic rings. The van der Waals surface area contributed by atoms with Crippen molar-refractivity contribution in [2.75, 3.05) is 11.9 Å². The first kappa shape index (κ1) is 18.7. The lowest BCUT2D eigenvalue weighted by atomic mass is 9.96. The van der Waals surface area contributed by atoms with Gasteiger partial charge in [-0.2, -0.15) is 0 Å². The van der Waals surface area contributed by atoms with Crippen LogP contribution in [-0.4, -0.2) is 24.3 Å².